The molecule has 0 aromatic heterocycles. The van der Waals surface area contributed by atoms with Crippen molar-refractivity contribution < 1.29 is 17.9 Å². The van der Waals surface area contributed by atoms with Gasteiger partial charge < -0.3 is 14.4 Å². The van der Waals surface area contributed by atoms with Crippen LogP contribution in [0.15, 0.2) is 12.1 Å². The van der Waals surface area contributed by atoms with Crippen LogP contribution in [0.4, 0.5) is 0 Å². The molecule has 0 saturated carbocycles. The lowest BCUT2D eigenvalue weighted by molar-refractivity contribution is 0.174. The molecule has 2 aliphatic rings. The molecule has 0 unspecified atom stereocenters. The summed E-state index contributed by atoms with van der Waals surface area (Å²) in [6.45, 7) is 3.38. The summed E-state index contributed by atoms with van der Waals surface area (Å²) in [5.41, 5.74) is 2.63. The van der Waals surface area contributed by atoms with Gasteiger partial charge in [-0.3, -0.25) is 0 Å². The number of fused-ring (bicyclic) bond motifs is 2. The molecular formula is C19H30N2O4S. The van der Waals surface area contributed by atoms with E-state index in [9.17, 15) is 8.42 Å². The maximum Gasteiger partial charge on any atom is 0.231 e. The normalized spacial score (nSPS) is 21.2. The number of hydrogen-bond acceptors (Lipinski definition) is 5. The highest BCUT2D eigenvalue weighted by Gasteiger charge is 2.19. The Kier molecular flexibility index (Phi) is 6.42. The van der Waals surface area contributed by atoms with E-state index >= 15 is 0 Å². The summed E-state index contributed by atoms with van der Waals surface area (Å²) in [7, 11) is -0.991. The van der Waals surface area contributed by atoms with E-state index in [0.29, 0.717) is 19.9 Å². The average Bonchev–Trinajstić information content (AvgIpc) is 3.01. The molecule has 2 heterocycles. The zero-order chi connectivity index (χ0) is 18.6. The third kappa shape index (κ3) is 5.11. The Morgan fingerprint density at radius 3 is 2.19 bits per heavy atom. The van der Waals surface area contributed by atoms with Crippen LogP contribution in [0.5, 0.6) is 11.5 Å². The third-order valence-corrected chi connectivity index (χ3v) is 6.46. The van der Waals surface area contributed by atoms with Crippen LogP contribution in [0.3, 0.4) is 0 Å². The van der Waals surface area contributed by atoms with Gasteiger partial charge >= 0.3 is 0 Å². The third-order valence-electron chi connectivity index (χ3n) is 5.16. The van der Waals surface area contributed by atoms with Crippen molar-refractivity contribution in [2.45, 2.75) is 45.1 Å². The summed E-state index contributed by atoms with van der Waals surface area (Å²) in [5.74, 6) is 1.69. The molecule has 1 aromatic rings. The van der Waals surface area contributed by atoms with E-state index < -0.39 is 10.0 Å². The molecule has 1 aromatic carbocycles. The molecule has 6 nitrogen and oxygen atoms in total. The molecule has 2 aliphatic heterocycles. The molecule has 0 aliphatic carbocycles. The zero-order valence-corrected chi connectivity index (χ0v) is 16.7. The minimum absolute atomic E-state index is 0.301. The van der Waals surface area contributed by atoms with Gasteiger partial charge in [-0.2, -0.15) is 0 Å². The molecule has 0 amide bonds. The topological polar surface area (TPSA) is 59.1 Å². The predicted octanol–water partition coefficient (Wildman–Crippen LogP) is 2.62. The van der Waals surface area contributed by atoms with Crippen molar-refractivity contribution in [3.8, 4) is 11.5 Å². The second kappa shape index (κ2) is 8.59. The fraction of sp³-hybridized carbons (Fsp3) is 0.684. The Balaban J connectivity index is 1.73. The largest absolute Gasteiger partial charge is 0.454 e. The van der Waals surface area contributed by atoms with Gasteiger partial charge in [-0.15, -0.1) is 0 Å². The fourth-order valence-corrected chi connectivity index (χ4v) is 4.59. The number of ether oxygens (including phenoxy) is 2. The summed E-state index contributed by atoms with van der Waals surface area (Å²) < 4.78 is 36.6. The van der Waals surface area contributed by atoms with E-state index in [1.807, 2.05) is 0 Å². The van der Waals surface area contributed by atoms with Crippen LogP contribution in [0.1, 0.15) is 43.2 Å². The number of aryl methyl sites for hydroxylation is 1. The summed E-state index contributed by atoms with van der Waals surface area (Å²) >= 11 is 0. The Morgan fingerprint density at radius 1 is 0.885 bits per heavy atom. The molecule has 0 N–H and O–H groups in total. The lowest BCUT2D eigenvalue weighted by Gasteiger charge is -2.23. The number of benzene rings is 1. The standard InChI is InChI=1S/C19H30N2O4S/c1-20-9-6-7-11-21(26(2,22)23)10-5-3-4-8-16-12-18-19(25-15-24-18)13-17(16)14-20/h12-13H,3-11,14-15H2,1-2H3. The minimum Gasteiger partial charge on any atom is -0.454 e. The van der Waals surface area contributed by atoms with Gasteiger partial charge in [0, 0.05) is 19.6 Å². The van der Waals surface area contributed by atoms with E-state index in [1.165, 1.54) is 17.4 Å². The SMILES string of the molecule is CN1CCCCN(S(C)(=O)=O)CCCCCc2cc3c(cc2C1)OCO3. The van der Waals surface area contributed by atoms with Gasteiger partial charge in [0.25, 0.3) is 0 Å². The van der Waals surface area contributed by atoms with Gasteiger partial charge in [0.05, 0.1) is 6.26 Å². The number of nitrogens with zero attached hydrogens (tertiary/aromatic N) is 2. The van der Waals surface area contributed by atoms with Gasteiger partial charge in [-0.25, -0.2) is 12.7 Å². The van der Waals surface area contributed by atoms with Crippen LogP contribution in [0.2, 0.25) is 0 Å². The molecule has 7 heteroatoms. The van der Waals surface area contributed by atoms with Crippen LogP contribution in [-0.2, 0) is 23.0 Å². The average molecular weight is 383 g/mol. The Hall–Kier alpha value is -1.31. The highest BCUT2D eigenvalue weighted by Crippen LogP contribution is 2.36. The predicted molar refractivity (Wildman–Crippen MR) is 102 cm³/mol. The molecule has 0 saturated heterocycles. The molecule has 0 atom stereocenters. The second-order valence-corrected chi connectivity index (χ2v) is 9.37. The van der Waals surface area contributed by atoms with Crippen molar-refractivity contribution in [3.05, 3.63) is 23.3 Å². The van der Waals surface area contributed by atoms with Crippen LogP contribution in [0.25, 0.3) is 0 Å². The van der Waals surface area contributed by atoms with Crippen molar-refractivity contribution in [2.75, 3.05) is 39.7 Å². The van der Waals surface area contributed by atoms with E-state index in [-0.39, 0.29) is 0 Å². The van der Waals surface area contributed by atoms with Gasteiger partial charge in [0.15, 0.2) is 11.5 Å². The van der Waals surface area contributed by atoms with E-state index in [4.69, 9.17) is 9.47 Å². The van der Waals surface area contributed by atoms with Gasteiger partial charge in [-0.1, -0.05) is 6.42 Å². The van der Waals surface area contributed by atoms with Gasteiger partial charge in [0.1, 0.15) is 0 Å². The van der Waals surface area contributed by atoms with E-state index in [2.05, 4.69) is 24.1 Å². The van der Waals surface area contributed by atoms with Crippen molar-refractivity contribution >= 4 is 10.0 Å². The minimum atomic E-state index is -3.11. The lowest BCUT2D eigenvalue weighted by Crippen LogP contribution is -2.32. The quantitative estimate of drug-likeness (QED) is 0.747. The molecule has 3 rings (SSSR count). The number of hydrogen-bond donors (Lipinski definition) is 0. The lowest BCUT2D eigenvalue weighted by atomic mass is 9.99. The summed E-state index contributed by atoms with van der Waals surface area (Å²) in [5, 5.41) is 0. The Morgan fingerprint density at radius 2 is 1.50 bits per heavy atom. The van der Waals surface area contributed by atoms with Crippen molar-refractivity contribution in [3.63, 3.8) is 0 Å². The zero-order valence-electron chi connectivity index (χ0n) is 15.9. The van der Waals surface area contributed by atoms with Crippen molar-refractivity contribution in [1.82, 2.24) is 9.21 Å². The van der Waals surface area contributed by atoms with Crippen molar-refractivity contribution in [1.29, 1.82) is 0 Å². The fourth-order valence-electron chi connectivity index (χ4n) is 3.67. The smallest absolute Gasteiger partial charge is 0.231 e. The maximum absolute atomic E-state index is 12.0. The molecular weight excluding hydrogens is 352 g/mol. The Labute approximate surface area is 157 Å². The highest BCUT2D eigenvalue weighted by atomic mass is 32.2. The maximum atomic E-state index is 12.0. The van der Waals surface area contributed by atoms with E-state index in [0.717, 1.165) is 63.1 Å². The van der Waals surface area contributed by atoms with Crippen LogP contribution < -0.4 is 9.47 Å². The molecule has 0 bridgehead atoms. The first-order chi connectivity index (χ1) is 12.4. The number of sulfonamides is 1. The molecule has 0 radical (unpaired) electrons. The number of rotatable bonds is 1. The summed E-state index contributed by atoms with van der Waals surface area (Å²) in [4.78, 5) is 2.30. The first-order valence-corrected chi connectivity index (χ1v) is 11.3. The molecule has 26 heavy (non-hydrogen) atoms. The van der Waals surface area contributed by atoms with Gasteiger partial charge in [0.2, 0.25) is 16.8 Å². The first-order valence-electron chi connectivity index (χ1n) is 9.48. The molecule has 0 spiro atoms. The van der Waals surface area contributed by atoms with Crippen LogP contribution in [0, 0.1) is 0 Å². The Bertz CT molecular complexity index is 720. The molecule has 0 fully saturated rings. The van der Waals surface area contributed by atoms with Crippen LogP contribution in [-0.4, -0.2) is 57.4 Å². The molecule has 146 valence electrons. The summed E-state index contributed by atoms with van der Waals surface area (Å²) in [6, 6.07) is 4.26. The van der Waals surface area contributed by atoms with E-state index in [1.54, 1.807) is 4.31 Å². The highest BCUT2D eigenvalue weighted by molar-refractivity contribution is 7.88. The van der Waals surface area contributed by atoms with Crippen LogP contribution >= 0.6 is 0 Å². The monoisotopic (exact) mass is 382 g/mol. The van der Waals surface area contributed by atoms with Gasteiger partial charge in [-0.05, 0) is 69.0 Å². The van der Waals surface area contributed by atoms with Crippen molar-refractivity contribution in [2.24, 2.45) is 0 Å². The second-order valence-electron chi connectivity index (χ2n) is 7.39. The summed E-state index contributed by atoms with van der Waals surface area (Å²) in [6.07, 6.45) is 7.17. The first kappa shape index (κ1) is 19.5.